The fraction of sp³-hybridized carbons (Fsp3) is 1.00. The summed E-state index contributed by atoms with van der Waals surface area (Å²) in [7, 11) is -17.3. The summed E-state index contributed by atoms with van der Waals surface area (Å²) in [5.74, 6) is 0. The molecule has 0 saturated heterocycles. The zero-order valence-electron chi connectivity index (χ0n) is 5.89. The van der Waals surface area contributed by atoms with E-state index in [1.54, 1.807) is 0 Å². The van der Waals surface area contributed by atoms with E-state index in [0.29, 0.717) is 0 Å². The molecule has 0 aliphatic rings. The summed E-state index contributed by atoms with van der Waals surface area (Å²) in [4.78, 5) is 0. The van der Waals surface area contributed by atoms with Crippen molar-refractivity contribution in [1.29, 1.82) is 0 Å². The normalized spacial score (nSPS) is 15.4. The lowest BCUT2D eigenvalue weighted by atomic mass is 11.9. The van der Waals surface area contributed by atoms with Crippen LogP contribution in [0.2, 0.25) is 0 Å². The predicted molar refractivity (Wildman–Crippen MR) is 51.4 cm³/mol. The van der Waals surface area contributed by atoms with E-state index in [4.69, 9.17) is 13.7 Å². The van der Waals surface area contributed by atoms with E-state index in [9.17, 15) is 25.3 Å². The minimum atomic E-state index is -5.77. The summed E-state index contributed by atoms with van der Waals surface area (Å²) in [6.45, 7) is 0. The highest BCUT2D eigenvalue weighted by atomic mass is 127. The molecule has 0 rings (SSSR count). The van der Waals surface area contributed by atoms with Gasteiger partial charge >= 0.3 is 31.8 Å². The first-order valence-corrected chi connectivity index (χ1v) is 7.75. The van der Waals surface area contributed by atoms with Gasteiger partial charge in [-0.05, 0) is 22.6 Å². The van der Waals surface area contributed by atoms with Gasteiger partial charge in [-0.2, -0.15) is 25.3 Å². The standard InChI is InChI=1S/CH3IO9S3/c2-1(12(3,4)5,13(6,7)8)14(9,10)11/h(H,3,4,5)(H,6,7,8)(H,9,10,11). The summed E-state index contributed by atoms with van der Waals surface area (Å²) in [5, 5.41) is 0. The second kappa shape index (κ2) is 3.49. The molecule has 0 aliphatic carbocycles. The zero-order valence-corrected chi connectivity index (χ0v) is 10.5. The summed E-state index contributed by atoms with van der Waals surface area (Å²) >= 11 is 0.181. The Morgan fingerprint density at radius 3 is 0.857 bits per heavy atom. The molecule has 3 N–H and O–H groups in total. The summed E-state index contributed by atoms with van der Waals surface area (Å²) in [6, 6.07) is 0. The van der Waals surface area contributed by atoms with Crippen molar-refractivity contribution in [3.8, 4) is 0 Å². The molecule has 0 radical (unpaired) electrons. The molecule has 0 spiro atoms. The number of rotatable bonds is 3. The zero-order chi connectivity index (χ0) is 12.0. The molecule has 13 heteroatoms. The maximum atomic E-state index is 10.4. The summed E-state index contributed by atoms with van der Waals surface area (Å²) in [5.41, 5.74) is 0. The van der Waals surface area contributed by atoms with Gasteiger partial charge < -0.3 is 0 Å². The number of alkyl halides is 1. The van der Waals surface area contributed by atoms with Gasteiger partial charge in [0.15, 0.2) is 0 Å². The molecule has 0 unspecified atom stereocenters. The van der Waals surface area contributed by atoms with E-state index in [0.717, 1.165) is 0 Å². The molecule has 86 valence electrons. The van der Waals surface area contributed by atoms with Gasteiger partial charge in [0, 0.05) is 0 Å². The predicted octanol–water partition coefficient (Wildman–Crippen LogP) is -1.30. The first-order chi connectivity index (χ1) is 5.75. The molecule has 0 aromatic carbocycles. The monoisotopic (exact) mass is 382 g/mol. The molecule has 0 bridgehead atoms. The lowest BCUT2D eigenvalue weighted by Crippen LogP contribution is -2.46. The van der Waals surface area contributed by atoms with Crippen LogP contribution < -0.4 is 0 Å². The third kappa shape index (κ3) is 2.17. The minimum Gasteiger partial charge on any atom is -0.283 e. The maximum absolute atomic E-state index is 10.4. The Labute approximate surface area is 92.9 Å². The van der Waals surface area contributed by atoms with Gasteiger partial charge in [0.2, 0.25) is 0 Å². The van der Waals surface area contributed by atoms with Crippen LogP contribution in [0.4, 0.5) is 0 Å². The summed E-state index contributed by atoms with van der Waals surface area (Å²) in [6.07, 6.45) is 0. The van der Waals surface area contributed by atoms with Gasteiger partial charge in [-0.15, -0.1) is 0 Å². The van der Waals surface area contributed by atoms with E-state index in [1.807, 2.05) is 0 Å². The second-order valence-electron chi connectivity index (χ2n) is 1.91. The van der Waals surface area contributed by atoms with Gasteiger partial charge in [-0.3, -0.25) is 13.7 Å². The molecule has 0 saturated carbocycles. The Bertz CT molecular complexity index is 440. The van der Waals surface area contributed by atoms with E-state index in [2.05, 4.69) is 0 Å². The molecule has 0 heterocycles. The second-order valence-corrected chi connectivity index (χ2v) is 11.2. The quantitative estimate of drug-likeness (QED) is 0.306. The molecular formula is CH3IO9S3. The average molecular weight is 382 g/mol. The van der Waals surface area contributed by atoms with Crippen molar-refractivity contribution in [1.82, 2.24) is 0 Å². The average Bonchev–Trinajstić information content (AvgIpc) is 1.77. The van der Waals surface area contributed by atoms with Crippen LogP contribution in [0.5, 0.6) is 0 Å². The van der Waals surface area contributed by atoms with Gasteiger partial charge in [-0.1, -0.05) is 0 Å². The van der Waals surface area contributed by atoms with Crippen molar-refractivity contribution in [2.45, 2.75) is 1.42 Å². The topological polar surface area (TPSA) is 163 Å². The van der Waals surface area contributed by atoms with Gasteiger partial charge in [-0.25, -0.2) is 0 Å². The highest BCUT2D eigenvalue weighted by Gasteiger charge is 2.63. The van der Waals surface area contributed by atoms with Crippen LogP contribution >= 0.6 is 22.6 Å². The molecule has 0 aliphatic heterocycles. The van der Waals surface area contributed by atoms with Crippen molar-refractivity contribution in [2.24, 2.45) is 0 Å². The number of hydrogen-bond donors (Lipinski definition) is 3. The van der Waals surface area contributed by atoms with Crippen molar-refractivity contribution in [3.63, 3.8) is 0 Å². The van der Waals surface area contributed by atoms with Crippen molar-refractivity contribution in [2.75, 3.05) is 0 Å². The van der Waals surface area contributed by atoms with Gasteiger partial charge in [0.05, 0.1) is 0 Å². The SMILES string of the molecule is O=S(=O)(O)C(I)(S(=O)(=O)O)S(=O)(=O)O. The third-order valence-electron chi connectivity index (χ3n) is 0.924. The first kappa shape index (κ1) is 14.5. The van der Waals surface area contributed by atoms with Crippen LogP contribution in [0.1, 0.15) is 0 Å². The largest absolute Gasteiger partial charge is 0.393 e. The van der Waals surface area contributed by atoms with Crippen molar-refractivity contribution in [3.05, 3.63) is 0 Å². The molecule has 0 fully saturated rings. The van der Waals surface area contributed by atoms with E-state index >= 15 is 0 Å². The highest BCUT2D eigenvalue weighted by Crippen LogP contribution is 2.36. The van der Waals surface area contributed by atoms with E-state index in [-0.39, 0.29) is 22.6 Å². The van der Waals surface area contributed by atoms with Crippen molar-refractivity contribution < 1.29 is 38.9 Å². The minimum absolute atomic E-state index is 0.181. The van der Waals surface area contributed by atoms with Crippen LogP contribution in [0.3, 0.4) is 0 Å². The lowest BCUT2D eigenvalue weighted by molar-refractivity contribution is 0.447. The number of halogens is 1. The van der Waals surface area contributed by atoms with Crippen LogP contribution in [-0.2, 0) is 30.4 Å². The Morgan fingerprint density at radius 2 is 0.857 bits per heavy atom. The molecule has 9 nitrogen and oxygen atoms in total. The van der Waals surface area contributed by atoms with Crippen LogP contribution in [0, 0.1) is 0 Å². The van der Waals surface area contributed by atoms with Crippen LogP contribution in [0.25, 0.3) is 0 Å². The third-order valence-corrected chi connectivity index (χ3v) is 11.6. The molecule has 0 aromatic heterocycles. The molecule has 0 atom stereocenters. The fourth-order valence-electron chi connectivity index (χ4n) is 0.399. The Morgan fingerprint density at radius 1 is 0.714 bits per heavy atom. The Hall–Kier alpha value is 0.460. The van der Waals surface area contributed by atoms with E-state index in [1.165, 1.54) is 0 Å². The first-order valence-electron chi connectivity index (χ1n) is 2.35. The summed E-state index contributed by atoms with van der Waals surface area (Å²) < 4.78 is 83.2. The molecule has 14 heavy (non-hydrogen) atoms. The molecule has 0 amide bonds. The van der Waals surface area contributed by atoms with E-state index < -0.39 is 31.8 Å². The van der Waals surface area contributed by atoms with Gasteiger partial charge in [0.1, 0.15) is 0 Å². The smallest absolute Gasteiger partial charge is 0.283 e. The molecule has 0 aromatic rings. The van der Waals surface area contributed by atoms with Gasteiger partial charge in [0.25, 0.3) is 0 Å². The fourth-order valence-corrected chi connectivity index (χ4v) is 3.59. The molecular weight excluding hydrogens is 379 g/mol. The van der Waals surface area contributed by atoms with Crippen molar-refractivity contribution >= 4 is 52.9 Å². The Kier molecular flexibility index (Phi) is 3.61. The maximum Gasteiger partial charge on any atom is 0.393 e. The lowest BCUT2D eigenvalue weighted by Gasteiger charge is -2.16. The van der Waals surface area contributed by atoms with Crippen LogP contribution in [0.15, 0.2) is 0 Å². The number of hydrogen-bond acceptors (Lipinski definition) is 6. The highest BCUT2D eigenvalue weighted by molar-refractivity contribution is 14.1. The van der Waals surface area contributed by atoms with Crippen LogP contribution in [-0.4, -0.2) is 40.3 Å². The Balaban J connectivity index is 6.41.